The van der Waals surface area contributed by atoms with E-state index in [0.717, 1.165) is 5.56 Å². The fourth-order valence-corrected chi connectivity index (χ4v) is 2.11. The van der Waals surface area contributed by atoms with Crippen molar-refractivity contribution in [1.29, 1.82) is 0 Å². The standard InChI is InChI=1S/C13H12N2O3S/c1-9(15-17)12-14-11(8-19-12)13(16)18-7-10-5-3-2-4-6-10/h2-6,8,17H,7H2,1H3/b15-9+. The second-order valence-corrected chi connectivity index (χ2v) is 4.64. The van der Waals surface area contributed by atoms with Gasteiger partial charge in [-0.05, 0) is 12.5 Å². The number of hydrogen-bond donors (Lipinski definition) is 1. The van der Waals surface area contributed by atoms with Gasteiger partial charge < -0.3 is 9.94 Å². The first-order valence-electron chi connectivity index (χ1n) is 5.56. The van der Waals surface area contributed by atoms with E-state index in [-0.39, 0.29) is 12.3 Å². The van der Waals surface area contributed by atoms with E-state index < -0.39 is 5.97 Å². The molecule has 5 nitrogen and oxygen atoms in total. The van der Waals surface area contributed by atoms with Crippen LogP contribution in [0.2, 0.25) is 0 Å². The van der Waals surface area contributed by atoms with Crippen molar-refractivity contribution < 1.29 is 14.7 Å². The van der Waals surface area contributed by atoms with Gasteiger partial charge >= 0.3 is 5.97 Å². The quantitative estimate of drug-likeness (QED) is 0.403. The number of rotatable bonds is 4. The Kier molecular flexibility index (Phi) is 4.25. The lowest BCUT2D eigenvalue weighted by Crippen LogP contribution is -2.06. The summed E-state index contributed by atoms with van der Waals surface area (Å²) in [6.07, 6.45) is 0. The number of hydrogen-bond acceptors (Lipinski definition) is 6. The maximum absolute atomic E-state index is 11.8. The molecule has 1 heterocycles. The Bertz CT molecular complexity index is 593. The molecule has 2 aromatic rings. The predicted octanol–water partition coefficient (Wildman–Crippen LogP) is 2.70. The third kappa shape index (κ3) is 3.38. The number of nitrogens with zero attached hydrogens (tertiary/aromatic N) is 2. The van der Waals surface area contributed by atoms with Crippen LogP contribution in [0.1, 0.15) is 28.0 Å². The van der Waals surface area contributed by atoms with Crippen molar-refractivity contribution in [3.63, 3.8) is 0 Å². The zero-order valence-electron chi connectivity index (χ0n) is 10.2. The number of thiazole rings is 1. The molecule has 1 N–H and O–H groups in total. The summed E-state index contributed by atoms with van der Waals surface area (Å²) >= 11 is 1.23. The molecule has 0 spiro atoms. The number of aromatic nitrogens is 1. The Morgan fingerprint density at radius 2 is 2.16 bits per heavy atom. The topological polar surface area (TPSA) is 71.8 Å². The van der Waals surface area contributed by atoms with Gasteiger partial charge in [0.15, 0.2) is 5.69 Å². The third-order valence-corrected chi connectivity index (χ3v) is 3.34. The minimum absolute atomic E-state index is 0.208. The van der Waals surface area contributed by atoms with Crippen molar-refractivity contribution in [3.05, 3.63) is 52.0 Å². The van der Waals surface area contributed by atoms with Crippen LogP contribution in [0.15, 0.2) is 40.9 Å². The normalized spacial score (nSPS) is 11.3. The zero-order valence-corrected chi connectivity index (χ0v) is 11.1. The molecule has 0 saturated heterocycles. The van der Waals surface area contributed by atoms with Gasteiger partial charge in [0.05, 0.1) is 0 Å². The molecule has 98 valence electrons. The molecule has 0 saturated carbocycles. The van der Waals surface area contributed by atoms with Gasteiger partial charge in [0.25, 0.3) is 0 Å². The molecular weight excluding hydrogens is 264 g/mol. The van der Waals surface area contributed by atoms with Crippen molar-refractivity contribution >= 4 is 23.0 Å². The smallest absolute Gasteiger partial charge is 0.358 e. The molecule has 0 atom stereocenters. The summed E-state index contributed by atoms with van der Waals surface area (Å²) in [6, 6.07) is 9.41. The average Bonchev–Trinajstić information content (AvgIpc) is 2.95. The lowest BCUT2D eigenvalue weighted by molar-refractivity contribution is 0.0466. The molecule has 0 radical (unpaired) electrons. The molecule has 1 aromatic heterocycles. The highest BCUT2D eigenvalue weighted by Gasteiger charge is 2.13. The van der Waals surface area contributed by atoms with E-state index >= 15 is 0 Å². The number of ether oxygens (including phenoxy) is 1. The fraction of sp³-hybridized carbons (Fsp3) is 0.154. The molecule has 19 heavy (non-hydrogen) atoms. The number of esters is 1. The Hall–Kier alpha value is -2.21. The van der Waals surface area contributed by atoms with Gasteiger partial charge in [0, 0.05) is 5.38 Å². The number of carbonyl (C=O) groups excluding carboxylic acids is 1. The fourth-order valence-electron chi connectivity index (χ4n) is 1.37. The summed E-state index contributed by atoms with van der Waals surface area (Å²) in [5.74, 6) is -0.489. The largest absolute Gasteiger partial charge is 0.456 e. The van der Waals surface area contributed by atoms with Crippen molar-refractivity contribution in [1.82, 2.24) is 4.98 Å². The lowest BCUT2D eigenvalue weighted by atomic mass is 10.2. The maximum Gasteiger partial charge on any atom is 0.358 e. The van der Waals surface area contributed by atoms with Crippen LogP contribution in [-0.2, 0) is 11.3 Å². The first-order valence-corrected chi connectivity index (χ1v) is 6.44. The van der Waals surface area contributed by atoms with Gasteiger partial charge in [-0.2, -0.15) is 0 Å². The molecule has 0 bridgehead atoms. The lowest BCUT2D eigenvalue weighted by Gasteiger charge is -2.02. The van der Waals surface area contributed by atoms with Crippen LogP contribution in [-0.4, -0.2) is 21.9 Å². The van der Waals surface area contributed by atoms with E-state index in [0.29, 0.717) is 10.7 Å². The highest BCUT2D eigenvalue weighted by molar-refractivity contribution is 7.12. The molecule has 6 heteroatoms. The number of carbonyl (C=O) groups is 1. The van der Waals surface area contributed by atoms with Crippen molar-refractivity contribution in [2.45, 2.75) is 13.5 Å². The van der Waals surface area contributed by atoms with Crippen LogP contribution in [0.4, 0.5) is 0 Å². The van der Waals surface area contributed by atoms with Gasteiger partial charge in [-0.25, -0.2) is 9.78 Å². The SMILES string of the molecule is C/C(=N\O)c1nc(C(=O)OCc2ccccc2)cs1. The summed E-state index contributed by atoms with van der Waals surface area (Å²) in [7, 11) is 0. The Balaban J connectivity index is 1.99. The van der Waals surface area contributed by atoms with Gasteiger partial charge in [-0.1, -0.05) is 35.5 Å². The van der Waals surface area contributed by atoms with Crippen LogP contribution in [0.3, 0.4) is 0 Å². The van der Waals surface area contributed by atoms with E-state index in [1.165, 1.54) is 11.3 Å². The Morgan fingerprint density at radius 1 is 1.42 bits per heavy atom. The molecule has 0 aliphatic rings. The molecule has 1 aromatic carbocycles. The van der Waals surface area contributed by atoms with Gasteiger partial charge in [0.1, 0.15) is 17.3 Å². The molecule has 2 rings (SSSR count). The highest BCUT2D eigenvalue weighted by Crippen LogP contribution is 2.12. The molecule has 0 amide bonds. The van der Waals surface area contributed by atoms with Crippen LogP contribution in [0, 0.1) is 0 Å². The molecule has 0 aliphatic carbocycles. The number of oxime groups is 1. The average molecular weight is 276 g/mol. The maximum atomic E-state index is 11.8. The van der Waals surface area contributed by atoms with E-state index in [1.54, 1.807) is 12.3 Å². The van der Waals surface area contributed by atoms with Crippen LogP contribution in [0.25, 0.3) is 0 Å². The van der Waals surface area contributed by atoms with Gasteiger partial charge in [0.2, 0.25) is 0 Å². The summed E-state index contributed by atoms with van der Waals surface area (Å²) in [4.78, 5) is 15.8. The van der Waals surface area contributed by atoms with Crippen molar-refractivity contribution in [3.8, 4) is 0 Å². The van der Waals surface area contributed by atoms with E-state index in [1.807, 2.05) is 30.3 Å². The highest BCUT2D eigenvalue weighted by atomic mass is 32.1. The first kappa shape index (κ1) is 13.2. The summed E-state index contributed by atoms with van der Waals surface area (Å²) in [5, 5.41) is 13.7. The molecule has 0 fully saturated rings. The van der Waals surface area contributed by atoms with Crippen molar-refractivity contribution in [2.24, 2.45) is 5.16 Å². The minimum atomic E-state index is -0.489. The van der Waals surface area contributed by atoms with Crippen LogP contribution in [0.5, 0.6) is 0 Å². The van der Waals surface area contributed by atoms with E-state index in [2.05, 4.69) is 10.1 Å². The van der Waals surface area contributed by atoms with Gasteiger partial charge in [-0.15, -0.1) is 11.3 Å². The van der Waals surface area contributed by atoms with E-state index in [9.17, 15) is 4.79 Å². The number of benzene rings is 1. The summed E-state index contributed by atoms with van der Waals surface area (Å²) in [6.45, 7) is 1.82. The van der Waals surface area contributed by atoms with Crippen LogP contribution < -0.4 is 0 Å². The Morgan fingerprint density at radius 3 is 2.84 bits per heavy atom. The molecule has 0 aliphatic heterocycles. The molecular formula is C13H12N2O3S. The monoisotopic (exact) mass is 276 g/mol. The van der Waals surface area contributed by atoms with E-state index in [4.69, 9.17) is 9.94 Å². The summed E-state index contributed by atoms with van der Waals surface area (Å²) < 4.78 is 5.14. The first-order chi connectivity index (χ1) is 9.20. The second-order valence-electron chi connectivity index (χ2n) is 3.79. The summed E-state index contributed by atoms with van der Waals surface area (Å²) in [5.41, 5.74) is 1.51. The zero-order chi connectivity index (χ0) is 13.7. The predicted molar refractivity (Wildman–Crippen MR) is 71.7 cm³/mol. The van der Waals surface area contributed by atoms with Gasteiger partial charge in [-0.3, -0.25) is 0 Å². The van der Waals surface area contributed by atoms with Crippen LogP contribution >= 0.6 is 11.3 Å². The third-order valence-electron chi connectivity index (χ3n) is 2.39. The van der Waals surface area contributed by atoms with Crippen molar-refractivity contribution in [2.75, 3.05) is 0 Å². The second kappa shape index (κ2) is 6.10. The minimum Gasteiger partial charge on any atom is -0.456 e. The Labute approximate surface area is 114 Å². The molecule has 0 unspecified atom stereocenters.